The van der Waals surface area contributed by atoms with Crippen molar-refractivity contribution >= 4 is 11.9 Å². The minimum Gasteiger partial charge on any atom is -0.481 e. The second kappa shape index (κ2) is 7.48. The molecule has 2 aromatic rings. The molecule has 1 saturated heterocycles. The van der Waals surface area contributed by atoms with Gasteiger partial charge in [0.05, 0.1) is 12.0 Å². The third-order valence-electron chi connectivity index (χ3n) is 4.82. The zero-order valence-corrected chi connectivity index (χ0v) is 14.1. The summed E-state index contributed by atoms with van der Waals surface area (Å²) >= 11 is 0. The summed E-state index contributed by atoms with van der Waals surface area (Å²) in [6.45, 7) is 0.498. The van der Waals surface area contributed by atoms with Crippen molar-refractivity contribution in [3.8, 4) is 11.4 Å². The molecule has 2 heterocycles. The van der Waals surface area contributed by atoms with E-state index in [1.165, 1.54) is 0 Å². The highest BCUT2D eigenvalue weighted by Crippen LogP contribution is 2.24. The monoisotopic (exact) mass is 342 g/mol. The summed E-state index contributed by atoms with van der Waals surface area (Å²) in [5.74, 6) is -0.277. The number of carbonyl (C=O) groups excluding carboxylic acids is 1. The van der Waals surface area contributed by atoms with Crippen molar-refractivity contribution in [3.63, 3.8) is 0 Å². The number of imidazole rings is 1. The van der Waals surface area contributed by atoms with Crippen LogP contribution in [0.1, 0.15) is 29.6 Å². The van der Waals surface area contributed by atoms with E-state index < -0.39 is 5.97 Å². The lowest BCUT2D eigenvalue weighted by Crippen LogP contribution is -2.41. The number of hydrogen-bond acceptors (Lipinski definition) is 4. The molecule has 0 bridgehead atoms. The maximum Gasteiger partial charge on any atom is 0.304 e. The number of carboxylic acid groups (broad SMARTS) is 1. The van der Waals surface area contributed by atoms with Crippen LogP contribution in [0.3, 0.4) is 0 Å². The largest absolute Gasteiger partial charge is 0.481 e. The Labute approximate surface area is 146 Å². The molecule has 25 heavy (non-hydrogen) atoms. The molecule has 7 heteroatoms. The van der Waals surface area contributed by atoms with Gasteiger partial charge < -0.3 is 15.4 Å². The van der Waals surface area contributed by atoms with E-state index in [-0.39, 0.29) is 24.4 Å². The van der Waals surface area contributed by atoms with Gasteiger partial charge in [-0.15, -0.1) is 0 Å². The van der Waals surface area contributed by atoms with Crippen molar-refractivity contribution < 1.29 is 14.7 Å². The van der Waals surface area contributed by atoms with Crippen LogP contribution in [0.4, 0.5) is 0 Å². The molecule has 0 saturated carbocycles. The van der Waals surface area contributed by atoms with Gasteiger partial charge in [0.2, 0.25) is 0 Å². The van der Waals surface area contributed by atoms with Crippen LogP contribution in [0.25, 0.3) is 11.4 Å². The second-order valence-corrected chi connectivity index (χ2v) is 6.34. The number of benzene rings is 1. The smallest absolute Gasteiger partial charge is 0.304 e. The fraction of sp³-hybridized carbons (Fsp3) is 0.389. The van der Waals surface area contributed by atoms with Gasteiger partial charge in [0.15, 0.2) is 0 Å². The number of hydrogen-bond donors (Lipinski definition) is 3. The van der Waals surface area contributed by atoms with E-state index >= 15 is 0 Å². The SMILES string of the molecule is CN1[C@@H](CC(=O)O)CC[C@H]1CNC(=O)c1ccccc1-c1ncc[nH]1. The molecule has 7 nitrogen and oxygen atoms in total. The third kappa shape index (κ3) is 3.88. The van der Waals surface area contributed by atoms with Crippen molar-refractivity contribution in [1.82, 2.24) is 20.2 Å². The number of aromatic nitrogens is 2. The summed E-state index contributed by atoms with van der Waals surface area (Å²) < 4.78 is 0. The Balaban J connectivity index is 1.64. The zero-order valence-electron chi connectivity index (χ0n) is 14.1. The van der Waals surface area contributed by atoms with Crippen LogP contribution in [0.2, 0.25) is 0 Å². The summed E-state index contributed by atoms with van der Waals surface area (Å²) in [7, 11) is 1.92. The van der Waals surface area contributed by atoms with Gasteiger partial charge in [0.25, 0.3) is 5.91 Å². The first kappa shape index (κ1) is 17.2. The van der Waals surface area contributed by atoms with E-state index in [0.717, 1.165) is 18.4 Å². The van der Waals surface area contributed by atoms with Gasteiger partial charge in [0.1, 0.15) is 5.82 Å². The summed E-state index contributed by atoms with van der Waals surface area (Å²) in [6.07, 6.45) is 5.24. The van der Waals surface area contributed by atoms with E-state index in [9.17, 15) is 9.59 Å². The van der Waals surface area contributed by atoms with Gasteiger partial charge in [-0.25, -0.2) is 4.98 Å². The van der Waals surface area contributed by atoms with Crippen molar-refractivity contribution in [3.05, 3.63) is 42.2 Å². The lowest BCUT2D eigenvalue weighted by molar-refractivity contribution is -0.138. The van der Waals surface area contributed by atoms with Crippen LogP contribution >= 0.6 is 0 Å². The lowest BCUT2D eigenvalue weighted by atomic mass is 10.1. The van der Waals surface area contributed by atoms with Crippen molar-refractivity contribution in [2.45, 2.75) is 31.3 Å². The molecule has 0 unspecified atom stereocenters. The predicted octanol–water partition coefficient (Wildman–Crippen LogP) is 1.74. The second-order valence-electron chi connectivity index (χ2n) is 6.34. The van der Waals surface area contributed by atoms with E-state index in [0.29, 0.717) is 17.9 Å². The van der Waals surface area contributed by atoms with Crippen LogP contribution in [-0.2, 0) is 4.79 Å². The minimum absolute atomic E-state index is 0.0369. The van der Waals surface area contributed by atoms with Crippen LogP contribution in [-0.4, -0.2) is 57.5 Å². The number of aromatic amines is 1. The van der Waals surface area contributed by atoms with E-state index in [2.05, 4.69) is 20.2 Å². The standard InChI is InChI=1S/C18H22N4O3/c1-22-12(10-16(23)24)6-7-13(22)11-21-18(25)15-5-3-2-4-14(15)17-19-8-9-20-17/h2-5,8-9,12-13H,6-7,10-11H2,1H3,(H,19,20)(H,21,25)(H,23,24)/t12-,13+/m1/s1. The number of aliphatic carboxylic acids is 1. The molecule has 0 radical (unpaired) electrons. The number of carbonyl (C=O) groups is 2. The van der Waals surface area contributed by atoms with Gasteiger partial charge in [-0.05, 0) is 26.0 Å². The van der Waals surface area contributed by atoms with Gasteiger partial charge >= 0.3 is 5.97 Å². The molecule has 1 aromatic heterocycles. The number of amides is 1. The normalized spacial score (nSPS) is 20.5. The van der Waals surface area contributed by atoms with Gasteiger partial charge in [-0.1, -0.05) is 18.2 Å². The summed E-state index contributed by atoms with van der Waals surface area (Å²) in [5, 5.41) is 11.9. The van der Waals surface area contributed by atoms with E-state index in [4.69, 9.17) is 5.11 Å². The predicted molar refractivity (Wildman–Crippen MR) is 93.2 cm³/mol. The Hall–Kier alpha value is -2.67. The molecule has 1 amide bonds. The Kier molecular flexibility index (Phi) is 5.14. The number of carboxylic acids is 1. The molecule has 2 atom stereocenters. The van der Waals surface area contributed by atoms with Crippen LogP contribution < -0.4 is 5.32 Å². The molecule has 0 aliphatic carbocycles. The molecule has 1 fully saturated rings. The van der Waals surface area contributed by atoms with E-state index in [1.807, 2.05) is 25.2 Å². The highest BCUT2D eigenvalue weighted by molar-refractivity contribution is 6.00. The number of nitrogens with one attached hydrogen (secondary N) is 2. The number of likely N-dealkylation sites (tertiary alicyclic amines) is 1. The fourth-order valence-electron chi connectivity index (χ4n) is 3.39. The summed E-state index contributed by atoms with van der Waals surface area (Å²) in [6, 6.07) is 7.53. The van der Waals surface area contributed by atoms with Gasteiger partial charge in [0, 0.05) is 36.6 Å². The molecule has 0 spiro atoms. The zero-order chi connectivity index (χ0) is 17.8. The fourth-order valence-corrected chi connectivity index (χ4v) is 3.39. The average Bonchev–Trinajstić information content (AvgIpc) is 3.24. The van der Waals surface area contributed by atoms with Crippen LogP contribution in [0.5, 0.6) is 0 Å². The van der Waals surface area contributed by atoms with Crippen molar-refractivity contribution in [2.75, 3.05) is 13.6 Å². The van der Waals surface area contributed by atoms with Crippen molar-refractivity contribution in [2.24, 2.45) is 0 Å². The Bertz CT molecular complexity index is 745. The first-order valence-electron chi connectivity index (χ1n) is 8.37. The van der Waals surface area contributed by atoms with Crippen LogP contribution in [0, 0.1) is 0 Å². The summed E-state index contributed by atoms with van der Waals surface area (Å²) in [5.41, 5.74) is 1.33. The molecular formula is C18H22N4O3. The molecule has 3 rings (SSSR count). The van der Waals surface area contributed by atoms with Crippen molar-refractivity contribution in [1.29, 1.82) is 0 Å². The highest BCUT2D eigenvalue weighted by atomic mass is 16.4. The number of H-pyrrole nitrogens is 1. The first-order chi connectivity index (χ1) is 12.1. The Morgan fingerprint density at radius 3 is 2.80 bits per heavy atom. The van der Waals surface area contributed by atoms with Gasteiger partial charge in [-0.2, -0.15) is 0 Å². The topological polar surface area (TPSA) is 98.3 Å². The molecule has 3 N–H and O–H groups in total. The van der Waals surface area contributed by atoms with E-state index in [1.54, 1.807) is 18.5 Å². The Morgan fingerprint density at radius 1 is 1.32 bits per heavy atom. The summed E-state index contributed by atoms with van der Waals surface area (Å²) in [4.78, 5) is 32.8. The number of likely N-dealkylation sites (N-methyl/N-ethyl adjacent to an activating group) is 1. The molecular weight excluding hydrogens is 320 g/mol. The number of nitrogens with zero attached hydrogens (tertiary/aromatic N) is 2. The molecule has 1 aliphatic rings. The van der Waals surface area contributed by atoms with Crippen LogP contribution in [0.15, 0.2) is 36.7 Å². The first-order valence-corrected chi connectivity index (χ1v) is 8.37. The Morgan fingerprint density at radius 2 is 2.08 bits per heavy atom. The quantitative estimate of drug-likeness (QED) is 0.743. The lowest BCUT2D eigenvalue weighted by Gasteiger charge is -2.25. The van der Waals surface area contributed by atoms with Gasteiger partial charge in [-0.3, -0.25) is 14.5 Å². The molecule has 1 aliphatic heterocycles. The number of rotatable bonds is 6. The highest BCUT2D eigenvalue weighted by Gasteiger charge is 2.31. The maximum atomic E-state index is 12.6. The average molecular weight is 342 g/mol. The minimum atomic E-state index is -0.783. The third-order valence-corrected chi connectivity index (χ3v) is 4.82. The maximum absolute atomic E-state index is 12.6. The molecule has 132 valence electrons. The molecule has 1 aromatic carbocycles.